The van der Waals surface area contributed by atoms with Gasteiger partial charge in [0, 0.05) is 36.7 Å². The van der Waals surface area contributed by atoms with Crippen LogP contribution in [0.25, 0.3) is 0 Å². The lowest BCUT2D eigenvalue weighted by atomic mass is 9.94. The number of nitrogens with one attached hydrogen (secondary N) is 1. The number of halogens is 1. The van der Waals surface area contributed by atoms with E-state index in [-0.39, 0.29) is 6.04 Å². The molecule has 3 rings (SSSR count). The molecule has 2 aromatic carbocycles. The molecule has 2 aromatic rings. The molecule has 0 saturated carbocycles. The van der Waals surface area contributed by atoms with E-state index in [4.69, 9.17) is 21.1 Å². The standard InChI is InChI=1S/C17H18ClNO2/c1-17(20-2)11-15(14-5-3-4-6-16(14)21-17)19-13-9-7-12(18)8-10-13/h3-10,15,19H,11H2,1-2H3/t15-,17-/m1/s1. The summed E-state index contributed by atoms with van der Waals surface area (Å²) in [5, 5.41) is 4.27. The van der Waals surface area contributed by atoms with Gasteiger partial charge in [0.05, 0.1) is 6.04 Å². The first-order valence-corrected chi connectivity index (χ1v) is 7.33. The summed E-state index contributed by atoms with van der Waals surface area (Å²) in [5.41, 5.74) is 2.17. The predicted molar refractivity (Wildman–Crippen MR) is 84.9 cm³/mol. The summed E-state index contributed by atoms with van der Waals surface area (Å²) >= 11 is 5.94. The summed E-state index contributed by atoms with van der Waals surface area (Å²) in [7, 11) is 1.67. The molecule has 0 aliphatic carbocycles. The molecule has 0 fully saturated rings. The van der Waals surface area contributed by atoms with Crippen molar-refractivity contribution in [2.45, 2.75) is 25.2 Å². The molecular weight excluding hydrogens is 286 g/mol. The first kappa shape index (κ1) is 14.2. The first-order valence-electron chi connectivity index (χ1n) is 6.95. The molecule has 1 aliphatic heterocycles. The fourth-order valence-electron chi connectivity index (χ4n) is 2.62. The lowest BCUT2D eigenvalue weighted by molar-refractivity contribution is -0.164. The number of fused-ring (bicyclic) bond motifs is 1. The molecule has 0 saturated heterocycles. The zero-order valence-electron chi connectivity index (χ0n) is 12.1. The zero-order chi connectivity index (χ0) is 14.9. The topological polar surface area (TPSA) is 30.5 Å². The van der Waals surface area contributed by atoms with Gasteiger partial charge in [0.2, 0.25) is 5.79 Å². The van der Waals surface area contributed by atoms with Crippen LogP contribution in [-0.4, -0.2) is 12.9 Å². The van der Waals surface area contributed by atoms with Gasteiger partial charge in [-0.15, -0.1) is 0 Å². The highest BCUT2D eigenvalue weighted by atomic mass is 35.5. The normalized spacial score (nSPS) is 24.0. The molecule has 21 heavy (non-hydrogen) atoms. The smallest absolute Gasteiger partial charge is 0.209 e. The van der Waals surface area contributed by atoms with Gasteiger partial charge in [-0.25, -0.2) is 0 Å². The third-order valence-electron chi connectivity index (χ3n) is 3.81. The summed E-state index contributed by atoms with van der Waals surface area (Å²) < 4.78 is 11.5. The molecule has 0 bridgehead atoms. The number of ether oxygens (including phenoxy) is 2. The summed E-state index contributed by atoms with van der Waals surface area (Å²) in [4.78, 5) is 0. The number of para-hydroxylation sites is 1. The van der Waals surface area contributed by atoms with Gasteiger partial charge in [-0.1, -0.05) is 29.8 Å². The van der Waals surface area contributed by atoms with E-state index in [1.807, 2.05) is 49.4 Å². The van der Waals surface area contributed by atoms with E-state index in [1.54, 1.807) is 7.11 Å². The third kappa shape index (κ3) is 2.99. The number of rotatable bonds is 3. The molecule has 3 nitrogen and oxygen atoms in total. The maximum atomic E-state index is 5.97. The van der Waals surface area contributed by atoms with Gasteiger partial charge in [-0.05, 0) is 30.3 Å². The molecule has 0 radical (unpaired) electrons. The van der Waals surface area contributed by atoms with E-state index >= 15 is 0 Å². The Morgan fingerprint density at radius 2 is 1.90 bits per heavy atom. The largest absolute Gasteiger partial charge is 0.462 e. The molecule has 0 aromatic heterocycles. The van der Waals surface area contributed by atoms with Crippen molar-refractivity contribution >= 4 is 17.3 Å². The van der Waals surface area contributed by atoms with E-state index in [1.165, 1.54) is 0 Å². The summed E-state index contributed by atoms with van der Waals surface area (Å²) in [6.45, 7) is 1.96. The maximum absolute atomic E-state index is 5.97. The van der Waals surface area contributed by atoms with Crippen molar-refractivity contribution in [3.05, 3.63) is 59.1 Å². The van der Waals surface area contributed by atoms with Gasteiger partial charge in [-0.3, -0.25) is 0 Å². The third-order valence-corrected chi connectivity index (χ3v) is 4.06. The van der Waals surface area contributed by atoms with E-state index in [0.717, 1.165) is 28.4 Å². The predicted octanol–water partition coefficient (Wildman–Crippen LogP) is 4.64. The van der Waals surface area contributed by atoms with Gasteiger partial charge >= 0.3 is 0 Å². The van der Waals surface area contributed by atoms with Crippen molar-refractivity contribution in [1.82, 2.24) is 0 Å². The maximum Gasteiger partial charge on any atom is 0.209 e. The Kier molecular flexibility index (Phi) is 3.79. The second kappa shape index (κ2) is 5.58. The van der Waals surface area contributed by atoms with Crippen LogP contribution in [0.5, 0.6) is 5.75 Å². The Morgan fingerprint density at radius 3 is 2.62 bits per heavy atom. The zero-order valence-corrected chi connectivity index (χ0v) is 12.9. The summed E-state index contributed by atoms with van der Waals surface area (Å²) in [6.07, 6.45) is 0.725. The van der Waals surface area contributed by atoms with Crippen LogP contribution in [-0.2, 0) is 4.74 Å². The quantitative estimate of drug-likeness (QED) is 0.896. The molecule has 1 N–H and O–H groups in total. The Hall–Kier alpha value is -1.71. The summed E-state index contributed by atoms with van der Waals surface area (Å²) in [5.74, 6) is 0.234. The lowest BCUT2D eigenvalue weighted by Gasteiger charge is -2.39. The number of anilines is 1. The van der Waals surface area contributed by atoms with Crippen molar-refractivity contribution < 1.29 is 9.47 Å². The molecule has 4 heteroatoms. The van der Waals surface area contributed by atoms with E-state index in [9.17, 15) is 0 Å². The van der Waals surface area contributed by atoms with Crippen molar-refractivity contribution in [1.29, 1.82) is 0 Å². The van der Waals surface area contributed by atoms with Crippen LogP contribution in [0.3, 0.4) is 0 Å². The van der Waals surface area contributed by atoms with Crippen LogP contribution >= 0.6 is 11.6 Å². The van der Waals surface area contributed by atoms with Gasteiger partial charge in [-0.2, -0.15) is 0 Å². The minimum atomic E-state index is -0.627. The Bertz CT molecular complexity index is 629. The van der Waals surface area contributed by atoms with E-state index in [0.29, 0.717) is 0 Å². The first-order chi connectivity index (χ1) is 10.1. The minimum Gasteiger partial charge on any atom is -0.462 e. The molecule has 0 spiro atoms. The number of methoxy groups -OCH3 is 1. The molecule has 1 aliphatic rings. The fourth-order valence-corrected chi connectivity index (χ4v) is 2.74. The second-order valence-corrected chi connectivity index (χ2v) is 5.82. The van der Waals surface area contributed by atoms with Gasteiger partial charge in [0.15, 0.2) is 0 Å². The molecule has 0 unspecified atom stereocenters. The van der Waals surface area contributed by atoms with Crippen molar-refractivity contribution in [2.24, 2.45) is 0 Å². The monoisotopic (exact) mass is 303 g/mol. The van der Waals surface area contributed by atoms with Crippen LogP contribution in [0.15, 0.2) is 48.5 Å². The van der Waals surface area contributed by atoms with Gasteiger partial charge in [0.1, 0.15) is 5.75 Å². The van der Waals surface area contributed by atoms with Crippen molar-refractivity contribution in [3.8, 4) is 5.75 Å². The Balaban J connectivity index is 1.91. The number of hydrogen-bond acceptors (Lipinski definition) is 3. The summed E-state index contributed by atoms with van der Waals surface area (Å²) in [6, 6.07) is 15.9. The van der Waals surface area contributed by atoms with Gasteiger partial charge in [0.25, 0.3) is 0 Å². The molecule has 1 heterocycles. The van der Waals surface area contributed by atoms with Crippen LogP contribution in [0, 0.1) is 0 Å². The van der Waals surface area contributed by atoms with Crippen molar-refractivity contribution in [3.63, 3.8) is 0 Å². The average molecular weight is 304 g/mol. The van der Waals surface area contributed by atoms with Crippen LogP contribution in [0.4, 0.5) is 5.69 Å². The van der Waals surface area contributed by atoms with Crippen LogP contribution < -0.4 is 10.1 Å². The fraction of sp³-hybridized carbons (Fsp3) is 0.294. The average Bonchev–Trinajstić information content (AvgIpc) is 2.49. The molecular formula is C17H18ClNO2. The second-order valence-electron chi connectivity index (χ2n) is 5.39. The van der Waals surface area contributed by atoms with Crippen LogP contribution in [0.2, 0.25) is 5.02 Å². The Morgan fingerprint density at radius 1 is 1.19 bits per heavy atom. The van der Waals surface area contributed by atoms with Gasteiger partial charge < -0.3 is 14.8 Å². The highest BCUT2D eigenvalue weighted by Crippen LogP contribution is 2.41. The lowest BCUT2D eigenvalue weighted by Crippen LogP contribution is -2.41. The Labute approximate surface area is 129 Å². The molecule has 0 amide bonds. The van der Waals surface area contributed by atoms with E-state index in [2.05, 4.69) is 11.4 Å². The minimum absolute atomic E-state index is 0.126. The van der Waals surface area contributed by atoms with Crippen LogP contribution in [0.1, 0.15) is 24.9 Å². The highest BCUT2D eigenvalue weighted by molar-refractivity contribution is 6.30. The van der Waals surface area contributed by atoms with Crippen molar-refractivity contribution in [2.75, 3.05) is 12.4 Å². The SMILES string of the molecule is CO[C@@]1(C)C[C@@H](Nc2ccc(Cl)cc2)c2ccccc2O1. The van der Waals surface area contributed by atoms with E-state index < -0.39 is 5.79 Å². The highest BCUT2D eigenvalue weighted by Gasteiger charge is 2.37. The number of hydrogen-bond donors (Lipinski definition) is 1. The number of benzene rings is 2. The molecule has 2 atom stereocenters. The molecule has 110 valence electrons.